The van der Waals surface area contributed by atoms with Crippen LogP contribution in [0.5, 0.6) is 5.75 Å². The Bertz CT molecular complexity index is 1080. The molecule has 4 N–H and O–H groups in total. The first-order valence-electron chi connectivity index (χ1n) is 9.03. The lowest BCUT2D eigenvalue weighted by atomic mass is 9.93. The number of nitrogens with two attached hydrogens (primary N) is 1. The summed E-state index contributed by atoms with van der Waals surface area (Å²) in [7, 11) is 1.57. The first-order valence-corrected chi connectivity index (χ1v) is 9.41. The van der Waals surface area contributed by atoms with Crippen molar-refractivity contribution in [3.63, 3.8) is 0 Å². The highest BCUT2D eigenvalue weighted by atomic mass is 35.5. The van der Waals surface area contributed by atoms with Gasteiger partial charge in [-0.3, -0.25) is 5.73 Å². The number of nitrogens with zero attached hydrogens (tertiary/aromatic N) is 3. The van der Waals surface area contributed by atoms with E-state index in [0.717, 1.165) is 22.5 Å². The van der Waals surface area contributed by atoms with Crippen LogP contribution in [0.25, 0.3) is 5.69 Å². The number of aromatic nitrogens is 2. The molecule has 0 aliphatic carbocycles. The molecular weight excluding hydrogens is 388 g/mol. The SMILES string of the molecule is COc1cc(C2(N)N=C(Nc3ccc(-n4cccn4)cc3)NC=C2C)ccc1Cl. The van der Waals surface area contributed by atoms with Gasteiger partial charge in [-0.15, -0.1) is 0 Å². The molecular formula is C21H21ClN6O. The lowest BCUT2D eigenvalue weighted by molar-refractivity contribution is 0.412. The zero-order valence-corrected chi connectivity index (χ0v) is 16.8. The largest absolute Gasteiger partial charge is 0.495 e. The van der Waals surface area contributed by atoms with E-state index in [1.54, 1.807) is 24.1 Å². The minimum atomic E-state index is -1.04. The fourth-order valence-electron chi connectivity index (χ4n) is 3.09. The average molecular weight is 409 g/mol. The Morgan fingerprint density at radius 3 is 2.69 bits per heavy atom. The quantitative estimate of drug-likeness (QED) is 0.613. The van der Waals surface area contributed by atoms with E-state index in [1.165, 1.54) is 0 Å². The van der Waals surface area contributed by atoms with E-state index in [0.29, 0.717) is 16.7 Å². The summed E-state index contributed by atoms with van der Waals surface area (Å²) in [5, 5.41) is 11.2. The molecule has 1 aromatic heterocycles. The van der Waals surface area contributed by atoms with Crippen molar-refractivity contribution < 1.29 is 4.74 Å². The van der Waals surface area contributed by atoms with Crippen molar-refractivity contribution in [3.05, 3.63) is 83.3 Å². The second-order valence-corrected chi connectivity index (χ2v) is 7.08. The third-order valence-corrected chi connectivity index (χ3v) is 5.12. The number of hydrogen-bond acceptors (Lipinski definition) is 6. The predicted molar refractivity (Wildman–Crippen MR) is 115 cm³/mol. The smallest absolute Gasteiger partial charge is 0.202 e. The fourth-order valence-corrected chi connectivity index (χ4v) is 3.29. The fraction of sp³-hybridized carbons (Fsp3) is 0.143. The van der Waals surface area contributed by atoms with E-state index in [4.69, 9.17) is 27.1 Å². The highest BCUT2D eigenvalue weighted by Gasteiger charge is 2.33. The van der Waals surface area contributed by atoms with E-state index < -0.39 is 5.66 Å². The monoisotopic (exact) mass is 408 g/mol. The molecule has 29 heavy (non-hydrogen) atoms. The van der Waals surface area contributed by atoms with Crippen LogP contribution >= 0.6 is 11.6 Å². The lowest BCUT2D eigenvalue weighted by Crippen LogP contribution is -2.44. The summed E-state index contributed by atoms with van der Waals surface area (Å²) < 4.78 is 7.12. The van der Waals surface area contributed by atoms with Gasteiger partial charge in [0.05, 0.1) is 17.8 Å². The number of halogens is 1. The molecule has 8 heteroatoms. The molecule has 0 radical (unpaired) electrons. The topological polar surface area (TPSA) is 89.5 Å². The molecule has 0 saturated heterocycles. The molecule has 0 bridgehead atoms. The van der Waals surface area contributed by atoms with Gasteiger partial charge in [0, 0.05) is 29.8 Å². The van der Waals surface area contributed by atoms with Crippen LogP contribution in [0.1, 0.15) is 12.5 Å². The van der Waals surface area contributed by atoms with Crippen molar-refractivity contribution in [1.82, 2.24) is 15.1 Å². The third kappa shape index (κ3) is 3.70. The van der Waals surface area contributed by atoms with Crippen molar-refractivity contribution in [2.75, 3.05) is 12.4 Å². The van der Waals surface area contributed by atoms with Crippen molar-refractivity contribution in [2.45, 2.75) is 12.6 Å². The van der Waals surface area contributed by atoms with Gasteiger partial charge in [-0.1, -0.05) is 17.7 Å². The summed E-state index contributed by atoms with van der Waals surface area (Å²) in [6, 6.07) is 15.2. The van der Waals surface area contributed by atoms with Crippen LogP contribution < -0.4 is 21.1 Å². The first-order chi connectivity index (χ1) is 14.0. The molecule has 1 aliphatic rings. The molecule has 0 saturated carbocycles. The molecule has 2 heterocycles. The number of ether oxygens (including phenoxy) is 1. The van der Waals surface area contributed by atoms with Gasteiger partial charge >= 0.3 is 0 Å². The third-order valence-electron chi connectivity index (χ3n) is 4.80. The van der Waals surface area contributed by atoms with Gasteiger partial charge in [0.2, 0.25) is 5.96 Å². The Hall–Kier alpha value is -3.29. The van der Waals surface area contributed by atoms with E-state index in [9.17, 15) is 0 Å². The maximum Gasteiger partial charge on any atom is 0.202 e. The number of rotatable bonds is 4. The van der Waals surface area contributed by atoms with Crippen LogP contribution in [-0.4, -0.2) is 22.8 Å². The van der Waals surface area contributed by atoms with Crippen LogP contribution in [0.4, 0.5) is 5.69 Å². The normalized spacial score (nSPS) is 18.5. The van der Waals surface area contributed by atoms with Gasteiger partial charge in [-0.2, -0.15) is 5.10 Å². The summed E-state index contributed by atoms with van der Waals surface area (Å²) in [6.07, 6.45) is 5.48. The Morgan fingerprint density at radius 1 is 1.21 bits per heavy atom. The van der Waals surface area contributed by atoms with Crippen LogP contribution in [-0.2, 0) is 5.66 Å². The summed E-state index contributed by atoms with van der Waals surface area (Å²) in [6.45, 7) is 1.92. The Kier molecular flexibility index (Phi) is 5.00. The van der Waals surface area contributed by atoms with Crippen molar-refractivity contribution >= 4 is 23.2 Å². The molecule has 1 unspecified atom stereocenters. The zero-order valence-electron chi connectivity index (χ0n) is 16.1. The van der Waals surface area contributed by atoms with E-state index in [1.807, 2.05) is 61.8 Å². The lowest BCUT2D eigenvalue weighted by Gasteiger charge is -2.32. The molecule has 2 aromatic carbocycles. The number of aliphatic imine (C=N–C) groups is 1. The maximum absolute atomic E-state index is 6.68. The molecule has 3 aromatic rings. The van der Waals surface area contributed by atoms with Gasteiger partial charge < -0.3 is 15.4 Å². The summed E-state index contributed by atoms with van der Waals surface area (Å²) >= 11 is 6.16. The van der Waals surface area contributed by atoms with Crippen LogP contribution in [0, 0.1) is 0 Å². The number of methoxy groups -OCH3 is 1. The predicted octanol–water partition coefficient (Wildman–Crippen LogP) is 3.62. The molecule has 148 valence electrons. The molecule has 0 spiro atoms. The van der Waals surface area contributed by atoms with Crippen molar-refractivity contribution in [1.29, 1.82) is 0 Å². The summed E-state index contributed by atoms with van der Waals surface area (Å²) in [5.41, 5.74) is 9.13. The van der Waals surface area contributed by atoms with Crippen LogP contribution in [0.15, 0.2) is 77.7 Å². The number of nitrogens with one attached hydrogen (secondary N) is 2. The highest BCUT2D eigenvalue weighted by molar-refractivity contribution is 6.32. The first kappa shape index (κ1) is 19.0. The average Bonchev–Trinajstić information content (AvgIpc) is 3.26. The molecule has 0 fully saturated rings. The van der Waals surface area contributed by atoms with Crippen molar-refractivity contribution in [2.24, 2.45) is 10.7 Å². The molecule has 0 amide bonds. The standard InChI is InChI=1S/C21H21ClN6O/c1-14-13-24-20(26-16-5-7-17(8-6-16)28-11-3-10-25-28)27-21(14,23)15-4-9-18(22)19(12-15)29-2/h3-13H,23H2,1-2H3,(H2,24,26,27). The minimum Gasteiger partial charge on any atom is -0.495 e. The van der Waals surface area contributed by atoms with Crippen molar-refractivity contribution in [3.8, 4) is 11.4 Å². The van der Waals surface area contributed by atoms with Gasteiger partial charge in [-0.25, -0.2) is 9.67 Å². The summed E-state index contributed by atoms with van der Waals surface area (Å²) in [5.74, 6) is 1.10. The molecule has 1 aliphatic heterocycles. The van der Waals surface area contributed by atoms with Gasteiger partial charge in [0.25, 0.3) is 0 Å². The van der Waals surface area contributed by atoms with Gasteiger partial charge in [0.15, 0.2) is 5.66 Å². The van der Waals surface area contributed by atoms with Crippen LogP contribution in [0.2, 0.25) is 5.02 Å². The molecule has 1 atom stereocenters. The Morgan fingerprint density at radius 2 is 2.00 bits per heavy atom. The maximum atomic E-state index is 6.68. The second-order valence-electron chi connectivity index (χ2n) is 6.67. The second kappa shape index (κ2) is 7.62. The Balaban J connectivity index is 1.60. The minimum absolute atomic E-state index is 0.523. The van der Waals surface area contributed by atoms with Gasteiger partial charge in [0.1, 0.15) is 5.75 Å². The molecule has 7 nitrogen and oxygen atoms in total. The van der Waals surface area contributed by atoms with Gasteiger partial charge in [-0.05, 0) is 55.0 Å². The number of hydrogen-bond donors (Lipinski definition) is 3. The highest BCUT2D eigenvalue weighted by Crippen LogP contribution is 2.35. The number of guanidine groups is 1. The zero-order chi connectivity index (χ0) is 20.4. The number of benzene rings is 2. The van der Waals surface area contributed by atoms with E-state index in [2.05, 4.69) is 15.7 Å². The Labute approximate surface area is 173 Å². The van der Waals surface area contributed by atoms with E-state index in [-0.39, 0.29) is 0 Å². The molecule has 4 rings (SSSR count). The van der Waals surface area contributed by atoms with Crippen LogP contribution in [0.3, 0.4) is 0 Å². The summed E-state index contributed by atoms with van der Waals surface area (Å²) in [4.78, 5) is 4.73. The number of anilines is 1. The van der Waals surface area contributed by atoms with E-state index >= 15 is 0 Å².